The molecule has 2 heterocycles. The highest BCUT2D eigenvalue weighted by molar-refractivity contribution is 7.15. The van der Waals surface area contributed by atoms with Crippen LogP contribution in [0.1, 0.15) is 11.9 Å². The Kier molecular flexibility index (Phi) is 4.53. The van der Waals surface area contributed by atoms with E-state index >= 15 is 0 Å². The van der Waals surface area contributed by atoms with E-state index in [9.17, 15) is 5.11 Å². The van der Waals surface area contributed by atoms with Crippen LogP contribution in [0.3, 0.4) is 0 Å². The maximum atomic E-state index is 9.51. The van der Waals surface area contributed by atoms with Gasteiger partial charge in [-0.15, -0.1) is 10.2 Å². The number of aliphatic hydroxyl groups is 1. The SMILES string of the molecule is CCN(C)C[C@@H]1CN(c2nnc(C)s2)C[C@@H]1CO. The van der Waals surface area contributed by atoms with Gasteiger partial charge in [-0.3, -0.25) is 0 Å². The van der Waals surface area contributed by atoms with Gasteiger partial charge in [0.2, 0.25) is 5.13 Å². The average Bonchev–Trinajstić information content (AvgIpc) is 2.95. The summed E-state index contributed by atoms with van der Waals surface area (Å²) in [4.78, 5) is 4.57. The Morgan fingerprint density at radius 3 is 2.67 bits per heavy atom. The second kappa shape index (κ2) is 5.95. The van der Waals surface area contributed by atoms with Gasteiger partial charge in [-0.25, -0.2) is 0 Å². The first-order valence-electron chi connectivity index (χ1n) is 6.48. The van der Waals surface area contributed by atoms with Gasteiger partial charge in [0.05, 0.1) is 0 Å². The van der Waals surface area contributed by atoms with Crippen molar-refractivity contribution in [3.05, 3.63) is 5.01 Å². The molecule has 0 saturated carbocycles. The van der Waals surface area contributed by atoms with Gasteiger partial charge in [0.1, 0.15) is 5.01 Å². The molecule has 0 bridgehead atoms. The highest BCUT2D eigenvalue weighted by Gasteiger charge is 2.34. The molecule has 6 heteroatoms. The summed E-state index contributed by atoms with van der Waals surface area (Å²) in [5, 5.41) is 19.8. The minimum atomic E-state index is 0.260. The van der Waals surface area contributed by atoms with Crippen LogP contribution in [0.15, 0.2) is 0 Å². The third-order valence-corrected chi connectivity index (χ3v) is 4.58. The van der Waals surface area contributed by atoms with Crippen LogP contribution in [-0.2, 0) is 0 Å². The summed E-state index contributed by atoms with van der Waals surface area (Å²) in [6.45, 7) is 8.36. The Morgan fingerprint density at radius 1 is 1.39 bits per heavy atom. The number of rotatable bonds is 5. The number of hydrogen-bond donors (Lipinski definition) is 1. The standard InChI is InChI=1S/C12H22N4OS/c1-4-15(3)5-10-6-16(7-11(10)8-17)12-14-13-9(2)18-12/h10-11,17H,4-8H2,1-3H3/t10-,11-/m1/s1. The van der Waals surface area contributed by atoms with E-state index in [4.69, 9.17) is 0 Å². The van der Waals surface area contributed by atoms with Gasteiger partial charge in [0, 0.05) is 32.2 Å². The van der Waals surface area contributed by atoms with Crippen LogP contribution in [0.25, 0.3) is 0 Å². The minimum absolute atomic E-state index is 0.260. The molecule has 0 radical (unpaired) electrons. The predicted octanol–water partition coefficient (Wildman–Crippen LogP) is 0.843. The molecule has 102 valence electrons. The minimum Gasteiger partial charge on any atom is -0.396 e. The number of anilines is 1. The quantitative estimate of drug-likeness (QED) is 0.859. The van der Waals surface area contributed by atoms with Gasteiger partial charge in [-0.2, -0.15) is 0 Å². The lowest BCUT2D eigenvalue weighted by Gasteiger charge is -2.22. The van der Waals surface area contributed by atoms with E-state index in [1.807, 2.05) is 6.92 Å². The van der Waals surface area contributed by atoms with E-state index < -0.39 is 0 Å². The van der Waals surface area contributed by atoms with Crippen molar-refractivity contribution in [2.45, 2.75) is 13.8 Å². The first kappa shape index (κ1) is 13.7. The predicted molar refractivity (Wildman–Crippen MR) is 74.1 cm³/mol. The zero-order chi connectivity index (χ0) is 13.1. The fourth-order valence-electron chi connectivity index (χ4n) is 2.45. The molecule has 0 aromatic carbocycles. The van der Waals surface area contributed by atoms with Crippen LogP contribution < -0.4 is 4.90 Å². The topological polar surface area (TPSA) is 52.5 Å². The Hall–Kier alpha value is -0.720. The van der Waals surface area contributed by atoms with E-state index in [1.54, 1.807) is 11.3 Å². The molecule has 5 nitrogen and oxygen atoms in total. The van der Waals surface area contributed by atoms with Crippen molar-refractivity contribution in [1.29, 1.82) is 0 Å². The molecule has 1 aliphatic heterocycles. The summed E-state index contributed by atoms with van der Waals surface area (Å²) in [6, 6.07) is 0. The van der Waals surface area contributed by atoms with E-state index in [0.717, 1.165) is 36.3 Å². The second-order valence-corrected chi connectivity index (χ2v) is 6.23. The molecule has 1 aromatic heterocycles. The molecule has 18 heavy (non-hydrogen) atoms. The zero-order valence-electron chi connectivity index (χ0n) is 11.3. The number of aryl methyl sites for hydroxylation is 1. The van der Waals surface area contributed by atoms with Gasteiger partial charge in [-0.1, -0.05) is 18.3 Å². The molecular weight excluding hydrogens is 248 g/mol. The molecule has 1 saturated heterocycles. The molecule has 2 atom stereocenters. The van der Waals surface area contributed by atoms with E-state index in [-0.39, 0.29) is 6.61 Å². The van der Waals surface area contributed by atoms with Crippen LogP contribution in [0, 0.1) is 18.8 Å². The van der Waals surface area contributed by atoms with Crippen molar-refractivity contribution in [3.63, 3.8) is 0 Å². The summed E-state index contributed by atoms with van der Waals surface area (Å²) in [7, 11) is 2.13. The number of hydrogen-bond acceptors (Lipinski definition) is 6. The van der Waals surface area contributed by atoms with E-state index in [2.05, 4.69) is 34.0 Å². The molecule has 0 amide bonds. The van der Waals surface area contributed by atoms with Gasteiger partial charge < -0.3 is 14.9 Å². The van der Waals surface area contributed by atoms with Crippen LogP contribution in [0.2, 0.25) is 0 Å². The molecule has 1 aromatic rings. The van der Waals surface area contributed by atoms with Crippen molar-refractivity contribution in [2.75, 3.05) is 44.7 Å². The molecule has 0 aliphatic carbocycles. The molecule has 1 aliphatic rings. The lowest BCUT2D eigenvalue weighted by atomic mass is 9.96. The van der Waals surface area contributed by atoms with Crippen LogP contribution in [-0.4, -0.2) is 60.0 Å². The summed E-state index contributed by atoms with van der Waals surface area (Å²) < 4.78 is 0. The Labute approximate surface area is 112 Å². The molecule has 0 spiro atoms. The van der Waals surface area contributed by atoms with Gasteiger partial charge in [0.25, 0.3) is 0 Å². The fourth-order valence-corrected chi connectivity index (χ4v) is 3.16. The third-order valence-electron chi connectivity index (χ3n) is 3.68. The van der Waals surface area contributed by atoms with E-state index in [1.165, 1.54) is 0 Å². The molecule has 1 fully saturated rings. The first-order valence-corrected chi connectivity index (χ1v) is 7.30. The highest BCUT2D eigenvalue weighted by Crippen LogP contribution is 2.30. The number of nitrogens with zero attached hydrogens (tertiary/aromatic N) is 4. The molecule has 2 rings (SSSR count). The maximum Gasteiger partial charge on any atom is 0.208 e. The Morgan fingerprint density at radius 2 is 2.11 bits per heavy atom. The van der Waals surface area contributed by atoms with Gasteiger partial charge >= 0.3 is 0 Å². The summed E-state index contributed by atoms with van der Waals surface area (Å²) in [5.74, 6) is 0.868. The Bertz CT molecular complexity index is 384. The van der Waals surface area contributed by atoms with Crippen LogP contribution in [0.5, 0.6) is 0 Å². The summed E-state index contributed by atoms with van der Waals surface area (Å²) in [5.41, 5.74) is 0. The number of aromatic nitrogens is 2. The highest BCUT2D eigenvalue weighted by atomic mass is 32.1. The smallest absolute Gasteiger partial charge is 0.208 e. The van der Waals surface area contributed by atoms with Crippen molar-refractivity contribution in [3.8, 4) is 0 Å². The van der Waals surface area contributed by atoms with Crippen LogP contribution >= 0.6 is 11.3 Å². The average molecular weight is 270 g/mol. The normalized spacial score (nSPS) is 24.2. The van der Waals surface area contributed by atoms with Crippen molar-refractivity contribution >= 4 is 16.5 Å². The van der Waals surface area contributed by atoms with Crippen LogP contribution in [0.4, 0.5) is 5.13 Å². The second-order valence-electron chi connectivity index (χ2n) is 5.07. The third kappa shape index (κ3) is 2.99. The van der Waals surface area contributed by atoms with Gasteiger partial charge in [-0.05, 0) is 26.4 Å². The van der Waals surface area contributed by atoms with Crippen molar-refractivity contribution in [1.82, 2.24) is 15.1 Å². The monoisotopic (exact) mass is 270 g/mol. The zero-order valence-corrected chi connectivity index (χ0v) is 12.2. The first-order chi connectivity index (χ1) is 8.63. The van der Waals surface area contributed by atoms with E-state index in [0.29, 0.717) is 11.8 Å². The number of aliphatic hydroxyl groups excluding tert-OH is 1. The molecular formula is C12H22N4OS. The summed E-state index contributed by atoms with van der Waals surface area (Å²) >= 11 is 1.63. The van der Waals surface area contributed by atoms with Gasteiger partial charge in [0.15, 0.2) is 0 Å². The largest absolute Gasteiger partial charge is 0.396 e. The summed E-state index contributed by atoms with van der Waals surface area (Å²) in [6.07, 6.45) is 0. The lowest BCUT2D eigenvalue weighted by Crippen LogP contribution is -2.31. The molecule has 0 unspecified atom stereocenters. The lowest BCUT2D eigenvalue weighted by molar-refractivity contribution is 0.178. The fraction of sp³-hybridized carbons (Fsp3) is 0.833. The molecule has 1 N–H and O–H groups in total. The maximum absolute atomic E-state index is 9.51. The van der Waals surface area contributed by atoms with Crippen molar-refractivity contribution < 1.29 is 5.11 Å². The van der Waals surface area contributed by atoms with Crippen molar-refractivity contribution in [2.24, 2.45) is 11.8 Å². The Balaban J connectivity index is 2.01.